The van der Waals surface area contributed by atoms with E-state index in [0.29, 0.717) is 22.3 Å². The summed E-state index contributed by atoms with van der Waals surface area (Å²) >= 11 is 6.15. The minimum atomic E-state index is -4.61. The fourth-order valence-corrected chi connectivity index (χ4v) is 4.78. The van der Waals surface area contributed by atoms with Gasteiger partial charge in [-0.3, -0.25) is 25.0 Å². The van der Waals surface area contributed by atoms with E-state index in [1.165, 1.54) is 41.3 Å². The summed E-state index contributed by atoms with van der Waals surface area (Å²) in [6.45, 7) is 2.50. The molecular formula is C32H38ClF4N6O10PS2. The van der Waals surface area contributed by atoms with Crippen LogP contribution >= 0.6 is 30.5 Å². The van der Waals surface area contributed by atoms with E-state index in [9.17, 15) is 46.7 Å². The van der Waals surface area contributed by atoms with Crippen molar-refractivity contribution in [2.45, 2.75) is 26.1 Å². The Morgan fingerprint density at radius 1 is 1.09 bits per heavy atom. The molecule has 56 heavy (non-hydrogen) atoms. The number of nitro benzene ring substituents is 1. The maximum atomic E-state index is 13.0. The van der Waals surface area contributed by atoms with Crippen LogP contribution in [-0.2, 0) is 31.2 Å². The third-order valence-corrected chi connectivity index (χ3v) is 7.63. The molecule has 0 aliphatic carbocycles. The molecule has 3 aromatic carbocycles. The number of halogens is 5. The van der Waals surface area contributed by atoms with Gasteiger partial charge in [0, 0.05) is 17.8 Å². The highest BCUT2D eigenvalue weighted by Gasteiger charge is 2.36. The van der Waals surface area contributed by atoms with E-state index in [1.54, 1.807) is 38.1 Å². The standard InChI is InChI=1S/C14H13F4N3O2S.C12H9ClN2O3.C3H8NO5P.C3H9S/c1-8(2)21(10-5-3-9(15)4-6-10)11(22)7-23-13-20-19-12(24-13)14(16,17)18;13-11-10(18-8-4-2-1-3-5-8)7-6-9(12(11)14)15(16)17;5-3(6)1-4-2-10(7,8)9;1-4(2)3/h3-6,8H,7H2,1-2H3;1-7H,14H2;4H,1-2H2,(H,5,6)(H2,7,8,9);1-3H3/q;;;+1/p-1. The lowest BCUT2D eigenvalue weighted by Crippen LogP contribution is -2.40. The third kappa shape index (κ3) is 19.3. The normalized spacial score (nSPS) is 11.8. The Labute approximate surface area is 330 Å². The number of carboxylic acids is 1. The van der Waals surface area contributed by atoms with Crippen LogP contribution in [0, 0.1) is 15.9 Å². The van der Waals surface area contributed by atoms with Gasteiger partial charge in [-0.25, -0.2) is 4.39 Å². The van der Waals surface area contributed by atoms with Crippen molar-refractivity contribution in [1.82, 2.24) is 15.5 Å². The number of hydrogen-bond donors (Lipinski definition) is 4. The number of anilines is 2. The highest BCUT2D eigenvalue weighted by Crippen LogP contribution is 2.39. The summed E-state index contributed by atoms with van der Waals surface area (Å²) in [7, 11) is -3.71. The van der Waals surface area contributed by atoms with Crippen LogP contribution in [0.1, 0.15) is 18.9 Å². The molecular weight excluding hydrogens is 835 g/mol. The zero-order valence-electron chi connectivity index (χ0n) is 30.2. The van der Waals surface area contributed by atoms with E-state index in [0.717, 1.165) is 0 Å². The Kier molecular flexibility index (Phi) is 20.7. The van der Waals surface area contributed by atoms with Crippen LogP contribution in [0.5, 0.6) is 16.7 Å². The van der Waals surface area contributed by atoms with E-state index in [2.05, 4.69) is 29.0 Å². The maximum absolute atomic E-state index is 13.0. The number of nitro groups is 1. The highest BCUT2D eigenvalue weighted by molar-refractivity contribution is 7.94. The van der Waals surface area contributed by atoms with Crippen LogP contribution in [0.25, 0.3) is 0 Å². The van der Waals surface area contributed by atoms with Gasteiger partial charge in [0.25, 0.3) is 16.8 Å². The number of carboxylic acid groups (broad SMARTS) is 1. The number of nitrogens with one attached hydrogen (secondary N) is 1. The topological polar surface area (TPSA) is 243 Å². The van der Waals surface area contributed by atoms with Gasteiger partial charge in [-0.15, -0.1) is 5.10 Å². The van der Waals surface area contributed by atoms with Crippen LogP contribution in [0.4, 0.5) is 34.6 Å². The van der Waals surface area contributed by atoms with Gasteiger partial charge >= 0.3 is 12.1 Å². The number of carbonyl (C=O) groups excluding carboxylic acids is 1. The summed E-state index contributed by atoms with van der Waals surface area (Å²) in [5.41, 5.74) is 5.70. The Balaban J connectivity index is 0.000000430. The van der Waals surface area contributed by atoms with Crippen molar-refractivity contribution in [3.8, 4) is 16.7 Å². The number of nitrogens with zero attached hydrogens (tertiary/aromatic N) is 4. The van der Waals surface area contributed by atoms with Crippen molar-refractivity contribution in [3.63, 3.8) is 0 Å². The molecule has 0 aliphatic rings. The van der Waals surface area contributed by atoms with Crippen LogP contribution in [0.2, 0.25) is 5.02 Å². The van der Waals surface area contributed by atoms with Crippen molar-refractivity contribution < 1.29 is 61.0 Å². The number of nitrogen functional groups attached to an aromatic ring is 1. The van der Waals surface area contributed by atoms with Crippen molar-refractivity contribution >= 4 is 70.4 Å². The molecule has 1 amide bonds. The summed E-state index contributed by atoms with van der Waals surface area (Å²) in [6.07, 6.45) is 1.26. The van der Waals surface area contributed by atoms with Crippen molar-refractivity contribution in [3.05, 3.63) is 92.7 Å². The Morgan fingerprint density at radius 3 is 2.12 bits per heavy atom. The van der Waals surface area contributed by atoms with Crippen molar-refractivity contribution in [2.75, 3.05) is 48.8 Å². The van der Waals surface area contributed by atoms with Crippen LogP contribution < -0.4 is 30.3 Å². The molecule has 0 saturated carbocycles. The predicted octanol–water partition coefficient (Wildman–Crippen LogP) is 5.80. The quantitative estimate of drug-likeness (QED) is 0.0329. The molecule has 0 aliphatic heterocycles. The zero-order chi connectivity index (χ0) is 42.8. The Hall–Kier alpha value is -4.57. The van der Waals surface area contributed by atoms with Crippen LogP contribution in [0.15, 0.2) is 66.7 Å². The molecule has 1 atom stereocenters. The highest BCUT2D eigenvalue weighted by atomic mass is 35.5. The molecule has 308 valence electrons. The summed E-state index contributed by atoms with van der Waals surface area (Å²) in [5, 5.41) is 25.4. The van der Waals surface area contributed by atoms with Crippen molar-refractivity contribution in [2.24, 2.45) is 0 Å². The third-order valence-electron chi connectivity index (χ3n) is 5.73. The van der Waals surface area contributed by atoms with Crippen LogP contribution in [-0.4, -0.2) is 81.2 Å². The lowest BCUT2D eigenvalue weighted by atomic mass is 10.2. The Bertz CT molecular complexity index is 1900. The van der Waals surface area contributed by atoms with E-state index in [1.807, 2.05) is 11.4 Å². The first kappa shape index (κ1) is 49.4. The summed E-state index contributed by atoms with van der Waals surface area (Å²) in [4.78, 5) is 51.5. The second-order valence-corrected chi connectivity index (χ2v) is 16.7. The predicted molar refractivity (Wildman–Crippen MR) is 204 cm³/mol. The SMILES string of the molecule is CC(C)N(C(=O)COc1nnc(C(F)(F)F)s1)c1ccc(F)cc1.C[S+](C)C.Nc1c([N+](=O)[O-])ccc(Oc2ccccc2)c1Cl.O=C(O)CNCP(=O)([O-])O. The van der Waals surface area contributed by atoms with Gasteiger partial charge in [-0.2, -0.15) is 13.2 Å². The first-order valence-corrected chi connectivity index (χ1v) is 20.8. The second kappa shape index (κ2) is 23.5. The maximum Gasteiger partial charge on any atom is 0.445 e. The van der Waals surface area contributed by atoms with Gasteiger partial charge in [0.2, 0.25) is 5.01 Å². The molecule has 16 nitrogen and oxygen atoms in total. The number of hydrogen-bond acceptors (Lipinski definition) is 13. The van der Waals surface area contributed by atoms with Gasteiger partial charge in [-0.05, 0) is 67.2 Å². The van der Waals surface area contributed by atoms with Gasteiger partial charge in [0.1, 0.15) is 35.6 Å². The summed E-state index contributed by atoms with van der Waals surface area (Å²) in [5.74, 6) is -1.26. The first-order chi connectivity index (χ1) is 25.9. The molecule has 1 aromatic heterocycles. The fraction of sp³-hybridized carbons (Fsp3) is 0.312. The minimum absolute atomic E-state index is 0.0352. The number of aliphatic carboxylic acids is 1. The zero-order valence-corrected chi connectivity index (χ0v) is 33.5. The number of benzene rings is 3. The second-order valence-electron chi connectivity index (χ2n) is 11.3. The number of carbonyl (C=O) groups is 2. The number of alkyl halides is 3. The number of aromatic nitrogens is 2. The largest absolute Gasteiger partial charge is 0.778 e. The van der Waals surface area contributed by atoms with Crippen molar-refractivity contribution in [1.29, 1.82) is 0 Å². The first-order valence-electron chi connectivity index (χ1n) is 15.4. The number of ether oxygens (including phenoxy) is 2. The van der Waals surface area contributed by atoms with E-state index >= 15 is 0 Å². The summed E-state index contributed by atoms with van der Waals surface area (Å²) in [6, 6.07) is 16.6. The van der Waals surface area contributed by atoms with Crippen LogP contribution in [0.3, 0.4) is 0 Å². The molecule has 0 radical (unpaired) electrons. The lowest BCUT2D eigenvalue weighted by molar-refractivity contribution is -0.383. The molecule has 0 spiro atoms. The molecule has 0 fully saturated rings. The molecule has 5 N–H and O–H groups in total. The summed E-state index contributed by atoms with van der Waals surface area (Å²) < 4.78 is 70.7. The average Bonchev–Trinajstić information content (AvgIpc) is 3.57. The molecule has 0 saturated heterocycles. The molecule has 0 bridgehead atoms. The van der Waals surface area contributed by atoms with E-state index < -0.39 is 60.8 Å². The molecule has 4 rings (SSSR count). The van der Waals surface area contributed by atoms with Gasteiger partial charge in [0.15, 0.2) is 6.61 Å². The molecule has 24 heteroatoms. The van der Waals surface area contributed by atoms with E-state index in [-0.39, 0.29) is 44.7 Å². The molecule has 4 aromatic rings. The number of nitrogens with two attached hydrogens (primary N) is 1. The molecule has 1 unspecified atom stereocenters. The monoisotopic (exact) mass is 872 g/mol. The van der Waals surface area contributed by atoms with E-state index in [4.69, 9.17) is 36.8 Å². The lowest BCUT2D eigenvalue weighted by Gasteiger charge is -2.26. The number of amides is 1. The average molecular weight is 873 g/mol. The number of rotatable bonds is 12. The van der Waals surface area contributed by atoms with Gasteiger partial charge < -0.3 is 39.6 Å². The van der Waals surface area contributed by atoms with Gasteiger partial charge in [-0.1, -0.05) is 46.2 Å². The van der Waals surface area contributed by atoms with Gasteiger partial charge in [0.05, 0.1) is 36.5 Å². The smallest absolute Gasteiger partial charge is 0.445 e. The fourth-order valence-electron chi connectivity index (χ4n) is 3.63. The molecule has 1 heterocycles. The minimum Gasteiger partial charge on any atom is -0.778 e. The Morgan fingerprint density at radius 2 is 1.66 bits per heavy atom. The number of para-hydroxylation sites is 1.